The molecule has 4 rings (SSSR count). The maximum absolute atomic E-state index is 12.3. The molecule has 0 bridgehead atoms. The quantitative estimate of drug-likeness (QED) is 0.735. The fourth-order valence-corrected chi connectivity index (χ4v) is 2.21. The molecule has 22 heavy (non-hydrogen) atoms. The first-order valence-electron chi connectivity index (χ1n) is 6.65. The molecule has 8 heteroatoms. The number of rotatable bonds is 2. The highest BCUT2D eigenvalue weighted by Gasteiger charge is 2.28. The Morgan fingerprint density at radius 3 is 3.00 bits per heavy atom. The number of ether oxygens (including phenoxy) is 2. The molecule has 0 fully saturated rings. The highest BCUT2D eigenvalue weighted by atomic mass is 16.6. The maximum atomic E-state index is 12.3. The van der Waals surface area contributed by atoms with Gasteiger partial charge in [-0.25, -0.2) is 15.0 Å². The lowest BCUT2D eigenvalue weighted by molar-refractivity contribution is -0.125. The molecule has 1 atom stereocenters. The first kappa shape index (κ1) is 12.6. The van der Waals surface area contributed by atoms with Gasteiger partial charge in [0.05, 0.1) is 6.33 Å². The van der Waals surface area contributed by atoms with Crippen molar-refractivity contribution in [2.24, 2.45) is 0 Å². The van der Waals surface area contributed by atoms with E-state index in [1.165, 1.54) is 12.7 Å². The number of H-pyrrole nitrogens is 1. The zero-order valence-electron chi connectivity index (χ0n) is 11.3. The van der Waals surface area contributed by atoms with Crippen LogP contribution in [0.3, 0.4) is 0 Å². The molecule has 1 amide bonds. The molecular weight excluding hydrogens is 286 g/mol. The molecular formula is C14H11N5O3. The number of hydrogen-bond donors (Lipinski definition) is 2. The topological polar surface area (TPSA) is 102 Å². The summed E-state index contributed by atoms with van der Waals surface area (Å²) in [6.45, 7) is 0.139. The number of hydrogen-bond acceptors (Lipinski definition) is 6. The van der Waals surface area contributed by atoms with Crippen LogP contribution in [0.15, 0.2) is 36.9 Å². The molecule has 1 unspecified atom stereocenters. The number of amides is 1. The van der Waals surface area contributed by atoms with Gasteiger partial charge in [-0.3, -0.25) is 4.79 Å². The summed E-state index contributed by atoms with van der Waals surface area (Å²) >= 11 is 0. The summed E-state index contributed by atoms with van der Waals surface area (Å²) in [5, 5.41) is 2.71. The van der Waals surface area contributed by atoms with Crippen LogP contribution < -0.4 is 14.8 Å². The zero-order valence-corrected chi connectivity index (χ0v) is 11.3. The minimum absolute atomic E-state index is 0.139. The number of carbonyl (C=O) groups is 1. The molecule has 0 saturated heterocycles. The van der Waals surface area contributed by atoms with Crippen molar-refractivity contribution in [1.29, 1.82) is 0 Å². The first-order valence-corrected chi connectivity index (χ1v) is 6.65. The molecule has 0 saturated carbocycles. The van der Waals surface area contributed by atoms with Gasteiger partial charge < -0.3 is 19.8 Å². The van der Waals surface area contributed by atoms with Crippen LogP contribution >= 0.6 is 0 Å². The van der Waals surface area contributed by atoms with Gasteiger partial charge in [-0.1, -0.05) is 12.1 Å². The monoisotopic (exact) mass is 297 g/mol. The summed E-state index contributed by atoms with van der Waals surface area (Å²) in [5.41, 5.74) is 1.05. The van der Waals surface area contributed by atoms with Gasteiger partial charge in [-0.2, -0.15) is 0 Å². The van der Waals surface area contributed by atoms with E-state index in [1.807, 2.05) is 12.1 Å². The second kappa shape index (κ2) is 4.99. The molecule has 0 aliphatic carbocycles. The van der Waals surface area contributed by atoms with Crippen LogP contribution in [0.1, 0.15) is 0 Å². The predicted molar refractivity (Wildman–Crippen MR) is 76.7 cm³/mol. The fraction of sp³-hybridized carbons (Fsp3) is 0.143. The van der Waals surface area contributed by atoms with Crippen molar-refractivity contribution >= 4 is 22.9 Å². The SMILES string of the molecule is O=C(Nc1ncnc2nc[nH]c12)C1COc2ccccc2O1. The molecule has 3 heterocycles. The summed E-state index contributed by atoms with van der Waals surface area (Å²) in [4.78, 5) is 27.3. The van der Waals surface area contributed by atoms with Crippen molar-refractivity contribution in [2.45, 2.75) is 6.10 Å². The van der Waals surface area contributed by atoms with Crippen LogP contribution in [0.5, 0.6) is 11.5 Å². The molecule has 8 nitrogen and oxygen atoms in total. The second-order valence-corrected chi connectivity index (χ2v) is 4.68. The first-order chi connectivity index (χ1) is 10.8. The van der Waals surface area contributed by atoms with Crippen molar-refractivity contribution in [3.8, 4) is 11.5 Å². The van der Waals surface area contributed by atoms with Crippen LogP contribution in [0, 0.1) is 0 Å². The largest absolute Gasteiger partial charge is 0.485 e. The summed E-state index contributed by atoms with van der Waals surface area (Å²) in [6.07, 6.45) is 2.08. The molecule has 2 aromatic heterocycles. The molecule has 0 radical (unpaired) electrons. The number of aromatic amines is 1. The summed E-state index contributed by atoms with van der Waals surface area (Å²) in [7, 11) is 0. The third-order valence-electron chi connectivity index (χ3n) is 3.27. The van der Waals surface area contributed by atoms with E-state index in [0.717, 1.165) is 0 Å². The lowest BCUT2D eigenvalue weighted by Gasteiger charge is -2.25. The highest BCUT2D eigenvalue weighted by molar-refractivity contribution is 5.99. The molecule has 0 spiro atoms. The van der Waals surface area contributed by atoms with E-state index in [1.54, 1.807) is 12.1 Å². The summed E-state index contributed by atoms with van der Waals surface area (Å²) in [6, 6.07) is 7.22. The maximum Gasteiger partial charge on any atom is 0.270 e. The third-order valence-corrected chi connectivity index (χ3v) is 3.27. The average molecular weight is 297 g/mol. The smallest absolute Gasteiger partial charge is 0.270 e. The van der Waals surface area contributed by atoms with Crippen molar-refractivity contribution in [3.63, 3.8) is 0 Å². The Hall–Kier alpha value is -3.16. The van der Waals surface area contributed by atoms with Gasteiger partial charge in [0, 0.05) is 0 Å². The Morgan fingerprint density at radius 1 is 1.23 bits per heavy atom. The number of para-hydroxylation sites is 2. The van der Waals surface area contributed by atoms with Crippen LogP contribution in [0.25, 0.3) is 11.2 Å². The summed E-state index contributed by atoms with van der Waals surface area (Å²) < 4.78 is 11.2. The normalized spacial score (nSPS) is 16.5. The second-order valence-electron chi connectivity index (χ2n) is 4.68. The standard InChI is InChI=1S/C14H11N5O3/c20-14(10-5-21-8-3-1-2-4-9(8)22-10)19-13-11-12(16-6-15-11)17-7-18-13/h1-4,6-7,10H,5H2,(H2,15,16,17,18,19,20). The average Bonchev–Trinajstić information content (AvgIpc) is 3.04. The van der Waals surface area contributed by atoms with Gasteiger partial charge in [0.2, 0.25) is 6.10 Å². The number of imidazole rings is 1. The number of nitrogens with zero attached hydrogens (tertiary/aromatic N) is 3. The number of carbonyl (C=O) groups excluding carboxylic acids is 1. The van der Waals surface area contributed by atoms with Gasteiger partial charge in [0.15, 0.2) is 23.0 Å². The molecule has 1 aliphatic heterocycles. The van der Waals surface area contributed by atoms with Gasteiger partial charge >= 0.3 is 0 Å². The van der Waals surface area contributed by atoms with E-state index in [9.17, 15) is 4.79 Å². The Balaban J connectivity index is 1.55. The van der Waals surface area contributed by atoms with Crippen LogP contribution in [0.4, 0.5) is 5.82 Å². The van der Waals surface area contributed by atoms with Crippen molar-refractivity contribution in [3.05, 3.63) is 36.9 Å². The number of aromatic nitrogens is 4. The minimum atomic E-state index is -0.747. The molecule has 3 aromatic rings. The Bertz CT molecular complexity index is 847. The molecule has 1 aliphatic rings. The van der Waals surface area contributed by atoms with Gasteiger partial charge in [0.1, 0.15) is 18.5 Å². The summed E-state index contributed by atoms with van der Waals surface area (Å²) in [5.74, 6) is 1.19. The van der Waals surface area contributed by atoms with Crippen molar-refractivity contribution in [2.75, 3.05) is 11.9 Å². The van der Waals surface area contributed by atoms with Gasteiger partial charge in [-0.05, 0) is 12.1 Å². The lowest BCUT2D eigenvalue weighted by Crippen LogP contribution is -2.40. The van der Waals surface area contributed by atoms with Crippen molar-refractivity contribution < 1.29 is 14.3 Å². The Morgan fingerprint density at radius 2 is 2.09 bits per heavy atom. The minimum Gasteiger partial charge on any atom is -0.485 e. The molecule has 2 N–H and O–H groups in total. The third kappa shape index (κ3) is 2.10. The van der Waals surface area contributed by atoms with E-state index in [4.69, 9.17) is 9.47 Å². The Kier molecular flexibility index (Phi) is 2.85. The number of benzene rings is 1. The highest BCUT2D eigenvalue weighted by Crippen LogP contribution is 2.31. The van der Waals surface area contributed by atoms with Crippen molar-refractivity contribution in [1.82, 2.24) is 19.9 Å². The Labute approximate surface area is 124 Å². The molecule has 110 valence electrons. The van der Waals surface area contributed by atoms with E-state index in [2.05, 4.69) is 25.3 Å². The number of fused-ring (bicyclic) bond motifs is 2. The zero-order chi connectivity index (χ0) is 14.9. The van der Waals surface area contributed by atoms with E-state index < -0.39 is 6.10 Å². The molecule has 1 aromatic carbocycles. The van der Waals surface area contributed by atoms with E-state index in [0.29, 0.717) is 28.5 Å². The van der Waals surface area contributed by atoms with Crippen LogP contribution in [-0.4, -0.2) is 38.6 Å². The number of nitrogens with one attached hydrogen (secondary N) is 2. The van der Waals surface area contributed by atoms with Gasteiger partial charge in [0.25, 0.3) is 5.91 Å². The number of anilines is 1. The fourth-order valence-electron chi connectivity index (χ4n) is 2.21. The van der Waals surface area contributed by atoms with Gasteiger partial charge in [-0.15, -0.1) is 0 Å². The van der Waals surface area contributed by atoms with E-state index in [-0.39, 0.29) is 12.5 Å². The van der Waals surface area contributed by atoms with E-state index >= 15 is 0 Å². The van der Waals surface area contributed by atoms with Crippen LogP contribution in [0.2, 0.25) is 0 Å². The van der Waals surface area contributed by atoms with Crippen LogP contribution in [-0.2, 0) is 4.79 Å². The lowest BCUT2D eigenvalue weighted by atomic mass is 10.2. The predicted octanol–water partition coefficient (Wildman–Crippen LogP) is 1.13.